The fourth-order valence-electron chi connectivity index (χ4n) is 2.59. The average molecular weight is 387 g/mol. The fraction of sp³-hybridized carbons (Fsp3) is 0.211. The van der Waals surface area contributed by atoms with Gasteiger partial charge < -0.3 is 14.8 Å². The van der Waals surface area contributed by atoms with E-state index in [0.717, 1.165) is 5.56 Å². The first kappa shape index (κ1) is 18.7. The lowest BCUT2D eigenvalue weighted by Gasteiger charge is -2.13. The molecule has 2 aromatic heterocycles. The van der Waals surface area contributed by atoms with Crippen LogP contribution in [0.15, 0.2) is 42.7 Å². The summed E-state index contributed by atoms with van der Waals surface area (Å²) in [7, 11) is 3.24. The van der Waals surface area contributed by atoms with Gasteiger partial charge in [-0.15, -0.1) is 0 Å². The molecule has 0 aliphatic heterocycles. The van der Waals surface area contributed by atoms with E-state index in [4.69, 9.17) is 21.1 Å². The zero-order valence-electron chi connectivity index (χ0n) is 15.2. The van der Waals surface area contributed by atoms with Crippen molar-refractivity contribution in [3.05, 3.63) is 64.7 Å². The Labute approximate surface area is 161 Å². The van der Waals surface area contributed by atoms with Crippen molar-refractivity contribution in [1.82, 2.24) is 14.8 Å². The third-order valence-electron chi connectivity index (χ3n) is 3.92. The largest absolute Gasteiger partial charge is 0.493 e. The van der Waals surface area contributed by atoms with Gasteiger partial charge in [0.15, 0.2) is 11.5 Å². The molecule has 7 nitrogen and oxygen atoms in total. The summed E-state index contributed by atoms with van der Waals surface area (Å²) in [5.74, 6) is 0.731. The molecule has 0 unspecified atom stereocenters. The number of methoxy groups -OCH3 is 1. The molecule has 0 spiro atoms. The van der Waals surface area contributed by atoms with Gasteiger partial charge in [-0.3, -0.25) is 14.5 Å². The molecule has 0 fully saturated rings. The number of rotatable bonds is 6. The molecule has 8 heteroatoms. The van der Waals surface area contributed by atoms with Crippen molar-refractivity contribution in [1.29, 1.82) is 0 Å². The molecule has 0 saturated heterocycles. The Hall–Kier alpha value is -3.06. The Bertz CT molecular complexity index is 957. The van der Waals surface area contributed by atoms with E-state index in [1.807, 2.05) is 12.1 Å². The lowest BCUT2D eigenvalue weighted by atomic mass is 10.2. The number of pyridine rings is 1. The van der Waals surface area contributed by atoms with Crippen molar-refractivity contribution in [2.75, 3.05) is 12.4 Å². The smallest absolute Gasteiger partial charge is 0.260 e. The minimum atomic E-state index is -0.339. The summed E-state index contributed by atoms with van der Waals surface area (Å²) >= 11 is 6.16. The number of nitrogens with one attached hydrogen (secondary N) is 1. The summed E-state index contributed by atoms with van der Waals surface area (Å²) in [5.41, 5.74) is 2.38. The minimum Gasteiger partial charge on any atom is -0.493 e. The number of halogens is 1. The first-order valence-electron chi connectivity index (χ1n) is 8.19. The zero-order valence-corrected chi connectivity index (χ0v) is 15.9. The molecule has 3 aromatic rings. The molecular weight excluding hydrogens is 368 g/mol. The van der Waals surface area contributed by atoms with Gasteiger partial charge in [-0.1, -0.05) is 17.7 Å². The van der Waals surface area contributed by atoms with Crippen LogP contribution in [0.3, 0.4) is 0 Å². The molecule has 1 aromatic carbocycles. The summed E-state index contributed by atoms with van der Waals surface area (Å²) in [5, 5.41) is 7.26. The molecule has 0 bridgehead atoms. The Balaban J connectivity index is 1.79. The summed E-state index contributed by atoms with van der Waals surface area (Å²) in [6, 6.07) is 8.91. The molecule has 2 heterocycles. The predicted molar refractivity (Wildman–Crippen MR) is 102 cm³/mol. The van der Waals surface area contributed by atoms with E-state index >= 15 is 0 Å². The second-order valence-electron chi connectivity index (χ2n) is 5.84. The molecule has 140 valence electrons. The van der Waals surface area contributed by atoms with Gasteiger partial charge in [0.25, 0.3) is 5.91 Å². The fourth-order valence-corrected chi connectivity index (χ4v) is 2.85. The van der Waals surface area contributed by atoms with Crippen LogP contribution in [0.1, 0.15) is 21.6 Å². The van der Waals surface area contributed by atoms with Gasteiger partial charge in [0.05, 0.1) is 18.4 Å². The van der Waals surface area contributed by atoms with Crippen molar-refractivity contribution in [3.8, 4) is 11.5 Å². The summed E-state index contributed by atoms with van der Waals surface area (Å²) < 4.78 is 12.6. The third kappa shape index (κ3) is 4.20. The van der Waals surface area contributed by atoms with Crippen LogP contribution in [0.5, 0.6) is 11.5 Å². The Morgan fingerprint density at radius 3 is 2.74 bits per heavy atom. The normalized spacial score (nSPS) is 10.5. The first-order valence-corrected chi connectivity index (χ1v) is 8.57. The van der Waals surface area contributed by atoms with Gasteiger partial charge in [0.2, 0.25) is 0 Å². The van der Waals surface area contributed by atoms with Crippen molar-refractivity contribution < 1.29 is 14.3 Å². The number of hydrogen-bond acceptors (Lipinski definition) is 5. The summed E-state index contributed by atoms with van der Waals surface area (Å²) in [6.45, 7) is 2.06. The van der Waals surface area contributed by atoms with Crippen LogP contribution in [-0.4, -0.2) is 27.8 Å². The average Bonchev–Trinajstić information content (AvgIpc) is 2.92. The van der Waals surface area contributed by atoms with Gasteiger partial charge >= 0.3 is 0 Å². The number of aromatic nitrogens is 3. The van der Waals surface area contributed by atoms with E-state index < -0.39 is 0 Å². The molecule has 0 radical (unpaired) electrons. The van der Waals surface area contributed by atoms with Gasteiger partial charge in [0.1, 0.15) is 11.8 Å². The van der Waals surface area contributed by atoms with E-state index in [1.165, 1.54) is 4.68 Å². The highest BCUT2D eigenvalue weighted by Crippen LogP contribution is 2.31. The van der Waals surface area contributed by atoms with Crippen LogP contribution in [0.2, 0.25) is 5.15 Å². The molecule has 27 heavy (non-hydrogen) atoms. The van der Waals surface area contributed by atoms with Crippen molar-refractivity contribution in [3.63, 3.8) is 0 Å². The number of ether oxygens (including phenoxy) is 2. The molecule has 0 aliphatic carbocycles. The lowest BCUT2D eigenvalue weighted by Crippen LogP contribution is -2.13. The van der Waals surface area contributed by atoms with Crippen LogP contribution in [0.4, 0.5) is 5.69 Å². The maximum atomic E-state index is 12.6. The van der Waals surface area contributed by atoms with Gasteiger partial charge in [0, 0.05) is 36.8 Å². The highest BCUT2D eigenvalue weighted by Gasteiger charge is 2.19. The minimum absolute atomic E-state index is 0.284. The van der Waals surface area contributed by atoms with Crippen molar-refractivity contribution >= 4 is 23.2 Å². The van der Waals surface area contributed by atoms with Crippen LogP contribution in [0, 0.1) is 6.92 Å². The number of amides is 1. The maximum Gasteiger partial charge on any atom is 0.260 e. The van der Waals surface area contributed by atoms with Crippen LogP contribution < -0.4 is 14.8 Å². The molecule has 0 atom stereocenters. The first-order chi connectivity index (χ1) is 13.0. The van der Waals surface area contributed by atoms with E-state index in [9.17, 15) is 4.79 Å². The molecule has 1 amide bonds. The third-order valence-corrected chi connectivity index (χ3v) is 4.35. The number of nitrogens with zero attached hydrogens (tertiary/aromatic N) is 3. The van der Waals surface area contributed by atoms with Gasteiger partial charge in [-0.05, 0) is 25.1 Å². The van der Waals surface area contributed by atoms with Crippen LogP contribution in [-0.2, 0) is 13.7 Å². The van der Waals surface area contributed by atoms with E-state index in [1.54, 1.807) is 51.7 Å². The lowest BCUT2D eigenvalue weighted by molar-refractivity contribution is 0.102. The summed E-state index contributed by atoms with van der Waals surface area (Å²) in [6.07, 6.45) is 3.43. The second-order valence-corrected chi connectivity index (χ2v) is 6.20. The number of aryl methyl sites for hydroxylation is 2. The zero-order chi connectivity index (χ0) is 19.4. The number of carbonyl (C=O) groups is 1. The maximum absolute atomic E-state index is 12.6. The molecule has 3 rings (SSSR count). The molecule has 0 aliphatic rings. The molecule has 0 saturated carbocycles. The van der Waals surface area contributed by atoms with Crippen LogP contribution in [0.25, 0.3) is 0 Å². The number of hydrogen-bond donors (Lipinski definition) is 1. The quantitative estimate of drug-likeness (QED) is 0.700. The topological polar surface area (TPSA) is 78.3 Å². The number of carbonyl (C=O) groups excluding carboxylic acids is 1. The Kier molecular flexibility index (Phi) is 5.61. The standard InChI is InChI=1S/C19H19ClN4O3/c1-12-17(18(20)24(2)23-12)19(25)22-14-6-7-15(26-3)16(9-14)27-11-13-5-4-8-21-10-13/h4-10H,11H2,1-3H3,(H,22,25). The Morgan fingerprint density at radius 2 is 2.11 bits per heavy atom. The van der Waals surface area contributed by atoms with E-state index in [0.29, 0.717) is 35.1 Å². The summed E-state index contributed by atoms with van der Waals surface area (Å²) in [4.78, 5) is 16.6. The monoisotopic (exact) mass is 386 g/mol. The van der Waals surface area contributed by atoms with Gasteiger partial charge in [-0.2, -0.15) is 5.10 Å². The van der Waals surface area contributed by atoms with E-state index in [2.05, 4.69) is 15.4 Å². The van der Waals surface area contributed by atoms with Gasteiger partial charge in [-0.25, -0.2) is 0 Å². The van der Waals surface area contributed by atoms with Crippen molar-refractivity contribution in [2.45, 2.75) is 13.5 Å². The number of benzene rings is 1. The number of anilines is 1. The Morgan fingerprint density at radius 1 is 1.30 bits per heavy atom. The molecule has 1 N–H and O–H groups in total. The SMILES string of the molecule is COc1ccc(NC(=O)c2c(C)nn(C)c2Cl)cc1OCc1cccnc1. The van der Waals surface area contributed by atoms with Crippen LogP contribution >= 0.6 is 11.6 Å². The highest BCUT2D eigenvalue weighted by atomic mass is 35.5. The van der Waals surface area contributed by atoms with E-state index in [-0.39, 0.29) is 11.1 Å². The predicted octanol–water partition coefficient (Wildman–Crippen LogP) is 3.62. The van der Waals surface area contributed by atoms with Crippen molar-refractivity contribution in [2.24, 2.45) is 7.05 Å². The highest BCUT2D eigenvalue weighted by molar-refractivity contribution is 6.33. The second kappa shape index (κ2) is 8.09. The molecular formula is C19H19ClN4O3.